The van der Waals surface area contributed by atoms with Gasteiger partial charge in [-0.05, 0) is 26.4 Å². The van der Waals surface area contributed by atoms with Gasteiger partial charge < -0.3 is 9.73 Å². The van der Waals surface area contributed by atoms with Crippen LogP contribution in [0.4, 0.5) is 0 Å². The van der Waals surface area contributed by atoms with Crippen LogP contribution in [0.1, 0.15) is 38.0 Å². The summed E-state index contributed by atoms with van der Waals surface area (Å²) >= 11 is 0. The van der Waals surface area contributed by atoms with Crippen LogP contribution in [0, 0.1) is 0 Å². The van der Waals surface area contributed by atoms with Gasteiger partial charge in [0, 0.05) is 19.0 Å². The van der Waals surface area contributed by atoms with E-state index in [2.05, 4.69) is 20.4 Å². The quantitative estimate of drug-likeness (QED) is 0.835. The number of likely N-dealkylation sites (tertiary alicyclic amines) is 1. The maximum atomic E-state index is 5.58. The van der Waals surface area contributed by atoms with Crippen LogP contribution in [-0.4, -0.2) is 41.3 Å². The predicted octanol–water partition coefficient (Wildman–Crippen LogP) is 1.21. The summed E-state index contributed by atoms with van der Waals surface area (Å²) in [7, 11) is 2.01. The Balaban J connectivity index is 1.95. The molecule has 17 heavy (non-hydrogen) atoms. The Bertz CT molecular complexity index is 337. The largest absolute Gasteiger partial charge is 0.424 e. The van der Waals surface area contributed by atoms with Gasteiger partial charge in [-0.2, -0.15) is 0 Å². The third kappa shape index (κ3) is 3.26. The van der Waals surface area contributed by atoms with E-state index < -0.39 is 0 Å². The summed E-state index contributed by atoms with van der Waals surface area (Å²) in [5.41, 5.74) is 0. The smallest absolute Gasteiger partial charge is 0.230 e. The number of hydrogen-bond donors (Lipinski definition) is 1. The number of nitrogens with one attached hydrogen (secondary N) is 1. The number of likely N-dealkylation sites (N-methyl/N-ethyl adjacent to an activating group) is 1. The van der Waals surface area contributed by atoms with Gasteiger partial charge in [0.25, 0.3) is 0 Å². The summed E-state index contributed by atoms with van der Waals surface area (Å²) in [5, 5.41) is 11.4. The van der Waals surface area contributed by atoms with Gasteiger partial charge in [-0.25, -0.2) is 0 Å². The van der Waals surface area contributed by atoms with Crippen molar-refractivity contribution in [1.82, 2.24) is 20.4 Å². The molecule has 0 amide bonds. The predicted molar refractivity (Wildman–Crippen MR) is 65.7 cm³/mol. The van der Waals surface area contributed by atoms with Crippen molar-refractivity contribution in [2.24, 2.45) is 0 Å². The molecule has 1 unspecified atom stereocenters. The summed E-state index contributed by atoms with van der Waals surface area (Å²) in [6, 6.07) is 0.603. The third-order valence-corrected chi connectivity index (χ3v) is 3.34. The first-order chi connectivity index (χ1) is 8.33. The lowest BCUT2D eigenvalue weighted by Crippen LogP contribution is -2.44. The molecule has 0 radical (unpaired) electrons. The SMILES string of the molecule is CCc1nnc(CN2CCCCC2CNC)o1. The average Bonchev–Trinajstić information content (AvgIpc) is 2.80. The van der Waals surface area contributed by atoms with Crippen LogP contribution in [0.15, 0.2) is 4.42 Å². The van der Waals surface area contributed by atoms with E-state index in [1.165, 1.54) is 19.3 Å². The van der Waals surface area contributed by atoms with Crippen LogP contribution in [0.2, 0.25) is 0 Å². The zero-order valence-corrected chi connectivity index (χ0v) is 10.8. The second kappa shape index (κ2) is 6.12. The number of rotatable bonds is 5. The zero-order valence-electron chi connectivity index (χ0n) is 10.8. The molecule has 1 aromatic rings. The lowest BCUT2D eigenvalue weighted by molar-refractivity contribution is 0.126. The second-order valence-corrected chi connectivity index (χ2v) is 4.62. The molecule has 1 aromatic heterocycles. The fraction of sp³-hybridized carbons (Fsp3) is 0.833. The summed E-state index contributed by atoms with van der Waals surface area (Å²) in [4.78, 5) is 2.45. The maximum Gasteiger partial charge on any atom is 0.230 e. The normalized spacial score (nSPS) is 21.9. The Hall–Kier alpha value is -0.940. The van der Waals surface area contributed by atoms with E-state index in [9.17, 15) is 0 Å². The molecule has 1 saturated heterocycles. The lowest BCUT2D eigenvalue weighted by Gasteiger charge is -2.34. The molecular weight excluding hydrogens is 216 g/mol. The van der Waals surface area contributed by atoms with Crippen LogP contribution in [0.5, 0.6) is 0 Å². The van der Waals surface area contributed by atoms with Gasteiger partial charge in [0.1, 0.15) is 0 Å². The standard InChI is InChI=1S/C12H22N4O/c1-3-11-14-15-12(17-11)9-16-7-5-4-6-10(16)8-13-2/h10,13H,3-9H2,1-2H3. The Morgan fingerprint density at radius 1 is 1.35 bits per heavy atom. The molecule has 0 bridgehead atoms. The first-order valence-electron chi connectivity index (χ1n) is 6.53. The minimum absolute atomic E-state index is 0.603. The monoisotopic (exact) mass is 238 g/mol. The van der Waals surface area contributed by atoms with Gasteiger partial charge in [-0.15, -0.1) is 10.2 Å². The van der Waals surface area contributed by atoms with Gasteiger partial charge in [0.2, 0.25) is 11.8 Å². The third-order valence-electron chi connectivity index (χ3n) is 3.34. The van der Waals surface area contributed by atoms with Crippen LogP contribution in [-0.2, 0) is 13.0 Å². The van der Waals surface area contributed by atoms with Crippen molar-refractivity contribution < 1.29 is 4.42 Å². The van der Waals surface area contributed by atoms with Crippen LogP contribution >= 0.6 is 0 Å². The van der Waals surface area contributed by atoms with E-state index in [0.717, 1.165) is 37.8 Å². The highest BCUT2D eigenvalue weighted by atomic mass is 16.4. The van der Waals surface area contributed by atoms with Crippen LogP contribution in [0.3, 0.4) is 0 Å². The van der Waals surface area contributed by atoms with Crippen LogP contribution in [0.25, 0.3) is 0 Å². The highest BCUT2D eigenvalue weighted by molar-refractivity contribution is 4.85. The fourth-order valence-corrected chi connectivity index (χ4v) is 2.40. The summed E-state index contributed by atoms with van der Waals surface area (Å²) in [6.07, 6.45) is 4.67. The zero-order chi connectivity index (χ0) is 12.1. The van der Waals surface area contributed by atoms with E-state index in [-0.39, 0.29) is 0 Å². The van der Waals surface area contributed by atoms with Gasteiger partial charge in [-0.3, -0.25) is 4.90 Å². The molecule has 0 spiro atoms. The molecule has 0 aliphatic carbocycles. The van der Waals surface area contributed by atoms with Crippen molar-refractivity contribution in [2.45, 2.75) is 45.2 Å². The molecule has 1 aliphatic heterocycles. The first kappa shape index (κ1) is 12.5. The molecular formula is C12H22N4O. The molecule has 1 aliphatic rings. The van der Waals surface area contributed by atoms with Crippen molar-refractivity contribution in [3.8, 4) is 0 Å². The first-order valence-corrected chi connectivity index (χ1v) is 6.53. The van der Waals surface area contributed by atoms with Crippen molar-refractivity contribution in [3.05, 3.63) is 11.8 Å². The fourth-order valence-electron chi connectivity index (χ4n) is 2.40. The second-order valence-electron chi connectivity index (χ2n) is 4.62. The molecule has 1 fully saturated rings. The number of nitrogens with zero attached hydrogens (tertiary/aromatic N) is 3. The Morgan fingerprint density at radius 3 is 2.88 bits per heavy atom. The average molecular weight is 238 g/mol. The topological polar surface area (TPSA) is 54.2 Å². The van der Waals surface area contributed by atoms with Gasteiger partial charge in [0.05, 0.1) is 6.54 Å². The summed E-state index contributed by atoms with van der Waals surface area (Å²) in [6.45, 7) is 4.99. The molecule has 0 aromatic carbocycles. The highest BCUT2D eigenvalue weighted by Gasteiger charge is 2.23. The van der Waals surface area contributed by atoms with E-state index in [0.29, 0.717) is 6.04 Å². The highest BCUT2D eigenvalue weighted by Crippen LogP contribution is 2.18. The Morgan fingerprint density at radius 2 is 2.18 bits per heavy atom. The number of aromatic nitrogens is 2. The van der Waals surface area contributed by atoms with Crippen molar-refractivity contribution >= 4 is 0 Å². The maximum absolute atomic E-state index is 5.58. The van der Waals surface area contributed by atoms with Crippen LogP contribution < -0.4 is 5.32 Å². The minimum Gasteiger partial charge on any atom is -0.424 e. The van der Waals surface area contributed by atoms with E-state index in [1.54, 1.807) is 0 Å². The van der Waals surface area contributed by atoms with E-state index >= 15 is 0 Å². The number of piperidine rings is 1. The van der Waals surface area contributed by atoms with Gasteiger partial charge in [-0.1, -0.05) is 13.3 Å². The van der Waals surface area contributed by atoms with E-state index in [4.69, 9.17) is 4.42 Å². The number of hydrogen-bond acceptors (Lipinski definition) is 5. The summed E-state index contributed by atoms with van der Waals surface area (Å²) in [5.74, 6) is 1.49. The molecule has 2 heterocycles. The lowest BCUT2D eigenvalue weighted by atomic mass is 10.0. The molecule has 1 N–H and O–H groups in total. The molecule has 2 rings (SSSR count). The molecule has 0 saturated carbocycles. The van der Waals surface area contributed by atoms with E-state index in [1.807, 2.05) is 14.0 Å². The molecule has 1 atom stereocenters. The van der Waals surface area contributed by atoms with Crippen molar-refractivity contribution in [3.63, 3.8) is 0 Å². The minimum atomic E-state index is 0.603. The number of aryl methyl sites for hydroxylation is 1. The summed E-state index contributed by atoms with van der Waals surface area (Å²) < 4.78 is 5.58. The van der Waals surface area contributed by atoms with Gasteiger partial charge in [0.15, 0.2) is 0 Å². The van der Waals surface area contributed by atoms with Crippen molar-refractivity contribution in [1.29, 1.82) is 0 Å². The van der Waals surface area contributed by atoms with Gasteiger partial charge >= 0.3 is 0 Å². The molecule has 96 valence electrons. The molecule has 5 nitrogen and oxygen atoms in total. The molecule has 5 heteroatoms. The van der Waals surface area contributed by atoms with Crippen molar-refractivity contribution in [2.75, 3.05) is 20.1 Å². The Labute approximate surface area is 103 Å². The Kier molecular flexibility index (Phi) is 4.50.